The number of aromatic nitrogens is 2. The highest BCUT2D eigenvalue weighted by Crippen LogP contribution is 2.22. The van der Waals surface area contributed by atoms with Crippen molar-refractivity contribution in [2.75, 3.05) is 85.9 Å². The minimum absolute atomic E-state index is 0. The number of anilines is 1. The van der Waals surface area contributed by atoms with Crippen molar-refractivity contribution in [1.29, 1.82) is 0 Å². The smallest absolute Gasteiger partial charge is 0.421 e. The van der Waals surface area contributed by atoms with Crippen molar-refractivity contribution in [3.63, 3.8) is 0 Å². The van der Waals surface area contributed by atoms with Crippen LogP contribution >= 0.6 is 0 Å². The van der Waals surface area contributed by atoms with Gasteiger partial charge in [-0.15, -0.1) is 0 Å². The Kier molecular flexibility index (Phi) is 17.7. The van der Waals surface area contributed by atoms with Gasteiger partial charge < -0.3 is 35.4 Å². The van der Waals surface area contributed by atoms with Crippen molar-refractivity contribution < 1.29 is 51.9 Å². The molecular weight excluding hydrogens is 594 g/mol. The molecule has 0 fully saturated rings. The van der Waals surface area contributed by atoms with E-state index >= 15 is 0 Å². The van der Waals surface area contributed by atoms with Crippen LogP contribution in [0.4, 0.5) is 17.3 Å². The lowest BCUT2D eigenvalue weighted by Crippen LogP contribution is -3.00. The van der Waals surface area contributed by atoms with Crippen LogP contribution in [-0.4, -0.2) is 120 Å². The summed E-state index contributed by atoms with van der Waals surface area (Å²) in [7, 11) is 9.66. The summed E-state index contributed by atoms with van der Waals surface area (Å²) in [6.07, 6.45) is 7.52. The molecule has 1 aromatic heterocycles. The van der Waals surface area contributed by atoms with Crippen molar-refractivity contribution in [3.8, 4) is 0 Å². The number of aryl methyl sites for hydroxylation is 2. The fraction of sp³-hybridized carbons (Fsp3) is 0.640. The molecule has 0 N–H and O–H groups in total. The summed E-state index contributed by atoms with van der Waals surface area (Å²) in [6.45, 7) is 4.50. The van der Waals surface area contributed by atoms with Gasteiger partial charge in [0.05, 0.1) is 102 Å². The first kappa shape index (κ1) is 41.0. The molecule has 41 heavy (non-hydrogen) atoms. The predicted molar refractivity (Wildman–Crippen MR) is 156 cm³/mol. The molecule has 2 rings (SSSR count). The molecular formula is C25H48ClN7O6S2. The molecule has 238 valence electrons. The number of benzene rings is 1. The molecule has 0 radical (unpaired) electrons. The standard InChI is InChI=1S/C23H42N7.2CH4O3S.ClH/c1-26-17-18-27(2)23(26)25-24-21-11-13-22(14-12-21)28(15-9-19-29(3,4)5)16-10-20-30(6,7)8;2*1-5(2,3)4;/h11-14,17-18H,9-10,15-16,19-20H2,1-8H3;2*1H3,(H,2,3,4);1H/q+3;;;/p-3. The Hall–Kier alpha value is -2.14. The van der Waals surface area contributed by atoms with E-state index in [0.717, 1.165) is 33.7 Å². The second-order valence-electron chi connectivity index (χ2n) is 11.7. The maximum absolute atomic E-state index is 9.08. The molecule has 0 unspecified atom stereocenters. The molecule has 0 aliphatic carbocycles. The lowest BCUT2D eigenvalue weighted by molar-refractivity contribution is -0.870. The van der Waals surface area contributed by atoms with Crippen molar-refractivity contribution in [2.24, 2.45) is 24.3 Å². The molecule has 1 aromatic carbocycles. The molecule has 2 aromatic rings. The van der Waals surface area contributed by atoms with Gasteiger partial charge in [0.2, 0.25) is 0 Å². The summed E-state index contributed by atoms with van der Waals surface area (Å²) >= 11 is 0. The van der Waals surface area contributed by atoms with Gasteiger partial charge in [-0.05, 0) is 24.3 Å². The number of nitrogens with zero attached hydrogens (tertiary/aromatic N) is 7. The fourth-order valence-electron chi connectivity index (χ4n) is 3.40. The quantitative estimate of drug-likeness (QED) is 0.127. The largest absolute Gasteiger partial charge is 1.00 e. The average Bonchev–Trinajstić information content (AvgIpc) is 3.05. The maximum atomic E-state index is 9.08. The highest BCUT2D eigenvalue weighted by atomic mass is 35.5. The number of rotatable bonds is 11. The Labute approximate surface area is 253 Å². The summed E-state index contributed by atoms with van der Waals surface area (Å²) in [5.41, 5.74) is 2.14. The third-order valence-electron chi connectivity index (χ3n) is 5.13. The van der Waals surface area contributed by atoms with E-state index in [1.807, 2.05) is 35.6 Å². The maximum Gasteiger partial charge on any atom is 0.421 e. The van der Waals surface area contributed by atoms with E-state index in [1.54, 1.807) is 0 Å². The Morgan fingerprint density at radius 2 is 1.22 bits per heavy atom. The van der Waals surface area contributed by atoms with Gasteiger partial charge in [-0.25, -0.2) is 26.0 Å². The molecule has 0 saturated heterocycles. The molecule has 0 atom stereocenters. The van der Waals surface area contributed by atoms with Gasteiger partial charge in [0.25, 0.3) is 0 Å². The highest BCUT2D eigenvalue weighted by Gasteiger charge is 2.14. The van der Waals surface area contributed by atoms with E-state index in [2.05, 4.69) is 81.7 Å². The second-order valence-corrected chi connectivity index (χ2v) is 14.5. The SMILES string of the molecule is CS(=O)(=O)[O-].CS(=O)(=O)[O-].Cn1cc[n+](C)c1N=Nc1ccc(N(CCC[N+](C)(C)C)CCC[N+](C)(C)C)cc1.[Cl-]. The van der Waals surface area contributed by atoms with Crippen LogP contribution in [0.3, 0.4) is 0 Å². The average molecular weight is 642 g/mol. The number of azo groups is 1. The summed E-state index contributed by atoms with van der Waals surface area (Å²) < 4.78 is 60.4. The molecule has 1 heterocycles. The van der Waals surface area contributed by atoms with Crippen LogP contribution in [0.15, 0.2) is 46.9 Å². The topological polar surface area (TPSA) is 151 Å². The summed E-state index contributed by atoms with van der Waals surface area (Å²) in [5.74, 6) is 0.821. The van der Waals surface area contributed by atoms with Gasteiger partial charge in [-0.3, -0.25) is 0 Å². The Balaban J connectivity index is 0. The Bertz CT molecular complexity index is 1180. The van der Waals surface area contributed by atoms with Crippen molar-refractivity contribution in [2.45, 2.75) is 12.8 Å². The summed E-state index contributed by atoms with van der Waals surface area (Å²) in [6, 6.07) is 8.48. The van der Waals surface area contributed by atoms with Crippen LogP contribution in [0.25, 0.3) is 0 Å². The van der Waals surface area contributed by atoms with Crippen molar-refractivity contribution >= 4 is 37.6 Å². The summed E-state index contributed by atoms with van der Waals surface area (Å²) in [4.78, 5) is 2.52. The fourth-order valence-corrected chi connectivity index (χ4v) is 3.40. The lowest BCUT2D eigenvalue weighted by atomic mass is 10.2. The summed E-state index contributed by atoms with van der Waals surface area (Å²) in [5, 5.41) is 8.82. The van der Waals surface area contributed by atoms with Gasteiger partial charge >= 0.3 is 5.95 Å². The van der Waals surface area contributed by atoms with Gasteiger partial charge in [0.1, 0.15) is 5.69 Å². The zero-order chi connectivity index (χ0) is 31.4. The first-order valence-corrected chi connectivity index (χ1v) is 16.3. The number of quaternary nitrogens is 2. The number of hydrogen-bond acceptors (Lipinski definition) is 9. The zero-order valence-electron chi connectivity index (χ0n) is 26.0. The van der Waals surface area contributed by atoms with Crippen molar-refractivity contribution in [3.05, 3.63) is 36.7 Å². The minimum Gasteiger partial charge on any atom is -1.00 e. The van der Waals surface area contributed by atoms with E-state index in [9.17, 15) is 0 Å². The third kappa shape index (κ3) is 25.3. The van der Waals surface area contributed by atoms with Crippen LogP contribution in [0, 0.1) is 0 Å². The third-order valence-corrected chi connectivity index (χ3v) is 5.13. The van der Waals surface area contributed by atoms with E-state index in [0.29, 0.717) is 12.5 Å². The van der Waals surface area contributed by atoms with Crippen LogP contribution in [0.2, 0.25) is 0 Å². The van der Waals surface area contributed by atoms with E-state index < -0.39 is 20.2 Å². The van der Waals surface area contributed by atoms with Crippen LogP contribution in [0.1, 0.15) is 12.8 Å². The first-order chi connectivity index (χ1) is 17.9. The van der Waals surface area contributed by atoms with Crippen molar-refractivity contribution in [1.82, 2.24) is 4.57 Å². The lowest BCUT2D eigenvalue weighted by Gasteiger charge is -2.30. The molecule has 0 aliphatic heterocycles. The molecule has 16 heteroatoms. The van der Waals surface area contributed by atoms with E-state index in [1.165, 1.54) is 31.6 Å². The van der Waals surface area contributed by atoms with Crippen LogP contribution in [-0.2, 0) is 34.3 Å². The number of imidazole rings is 1. The van der Waals surface area contributed by atoms with Gasteiger partial charge in [-0.2, -0.15) is 0 Å². The van der Waals surface area contributed by atoms with Gasteiger partial charge in [-0.1, -0.05) is 5.11 Å². The molecule has 0 amide bonds. The van der Waals surface area contributed by atoms with Gasteiger partial charge in [0, 0.05) is 49.2 Å². The van der Waals surface area contributed by atoms with Crippen LogP contribution in [0.5, 0.6) is 0 Å². The highest BCUT2D eigenvalue weighted by molar-refractivity contribution is 7.85. The minimum atomic E-state index is -3.92. The first-order valence-electron chi connectivity index (χ1n) is 12.6. The Morgan fingerprint density at radius 3 is 1.54 bits per heavy atom. The zero-order valence-corrected chi connectivity index (χ0v) is 28.4. The van der Waals surface area contributed by atoms with Gasteiger partial charge in [0.15, 0.2) is 0 Å². The molecule has 0 saturated carbocycles. The molecule has 0 aliphatic rings. The van der Waals surface area contributed by atoms with E-state index in [4.69, 9.17) is 25.9 Å². The molecule has 0 spiro atoms. The van der Waals surface area contributed by atoms with E-state index in [-0.39, 0.29) is 12.4 Å². The number of halogens is 1. The molecule has 13 nitrogen and oxygen atoms in total. The second kappa shape index (κ2) is 17.7. The van der Waals surface area contributed by atoms with Crippen LogP contribution < -0.4 is 21.9 Å². The number of hydrogen-bond donors (Lipinski definition) is 0. The normalized spacial score (nSPS) is 12.1. The predicted octanol–water partition coefficient (Wildman–Crippen LogP) is -1.41. The molecule has 0 bridgehead atoms. The Morgan fingerprint density at radius 1 is 0.829 bits per heavy atom. The monoisotopic (exact) mass is 641 g/mol.